The van der Waals surface area contributed by atoms with Crippen LogP contribution >= 0.6 is 23.1 Å². The van der Waals surface area contributed by atoms with Crippen molar-refractivity contribution >= 4 is 50.1 Å². The fourth-order valence-corrected chi connectivity index (χ4v) is 3.00. The van der Waals surface area contributed by atoms with Gasteiger partial charge in [-0.1, -0.05) is 11.3 Å². The fraction of sp³-hybridized carbons (Fsp3) is 0.154. The number of thiazole rings is 1. The largest absolute Gasteiger partial charge is 0.375 e. The topological polar surface area (TPSA) is 76.7 Å². The summed E-state index contributed by atoms with van der Waals surface area (Å²) in [6, 6.07) is 8.16. The van der Waals surface area contributed by atoms with Gasteiger partial charge in [0.25, 0.3) is 0 Å². The average molecular weight is 303 g/mol. The Balaban J connectivity index is 2.00. The lowest BCUT2D eigenvalue weighted by atomic mass is 10.3. The van der Waals surface area contributed by atoms with Crippen LogP contribution < -0.4 is 11.1 Å². The first-order valence-electron chi connectivity index (χ1n) is 5.97. The van der Waals surface area contributed by atoms with E-state index in [0.717, 1.165) is 10.5 Å². The van der Waals surface area contributed by atoms with Crippen LogP contribution in [0.4, 0.5) is 16.6 Å². The number of fused-ring (bicyclic) bond motifs is 1. The minimum atomic E-state index is 0.501. The van der Waals surface area contributed by atoms with E-state index in [1.807, 2.05) is 19.1 Å². The van der Waals surface area contributed by atoms with Crippen LogP contribution in [0.2, 0.25) is 0 Å². The van der Waals surface area contributed by atoms with Gasteiger partial charge in [-0.15, -0.1) is 11.8 Å². The number of anilines is 3. The lowest BCUT2D eigenvalue weighted by Gasteiger charge is -2.07. The number of nitrogens with one attached hydrogen (secondary N) is 1. The highest BCUT2D eigenvalue weighted by Crippen LogP contribution is 2.29. The maximum atomic E-state index is 5.75. The molecule has 0 atom stereocenters. The number of rotatable bonds is 3. The van der Waals surface area contributed by atoms with Crippen molar-refractivity contribution in [2.75, 3.05) is 17.3 Å². The Morgan fingerprint density at radius 2 is 1.90 bits per heavy atom. The summed E-state index contributed by atoms with van der Waals surface area (Å²) < 4.78 is 0. The van der Waals surface area contributed by atoms with Crippen LogP contribution in [0.15, 0.2) is 29.2 Å². The Morgan fingerprint density at radius 1 is 1.15 bits per heavy atom. The molecule has 0 aliphatic rings. The third-order valence-electron chi connectivity index (χ3n) is 2.74. The average Bonchev–Trinajstić information content (AvgIpc) is 2.80. The number of hydrogen-bond acceptors (Lipinski definition) is 7. The van der Waals surface area contributed by atoms with Crippen molar-refractivity contribution in [1.29, 1.82) is 0 Å². The monoisotopic (exact) mass is 303 g/mol. The van der Waals surface area contributed by atoms with Gasteiger partial charge >= 0.3 is 0 Å². The number of hydrogen-bond donors (Lipinski definition) is 2. The van der Waals surface area contributed by atoms with E-state index in [1.54, 1.807) is 11.8 Å². The Bertz CT molecular complexity index is 751. The molecule has 0 aliphatic carbocycles. The number of nitrogen functional groups attached to an aromatic ring is 1. The summed E-state index contributed by atoms with van der Waals surface area (Å²) in [5.41, 5.74) is 7.43. The molecule has 0 saturated heterocycles. The molecule has 0 spiro atoms. The number of benzene rings is 1. The van der Waals surface area contributed by atoms with Gasteiger partial charge in [0.2, 0.25) is 0 Å². The second kappa shape index (κ2) is 5.26. The van der Waals surface area contributed by atoms with Gasteiger partial charge in [0, 0.05) is 10.6 Å². The van der Waals surface area contributed by atoms with Crippen molar-refractivity contribution in [3.05, 3.63) is 30.1 Å². The summed E-state index contributed by atoms with van der Waals surface area (Å²) in [7, 11) is 0. The predicted octanol–water partition coefficient (Wildman–Crippen LogP) is 3.44. The molecule has 1 aromatic carbocycles. The molecule has 7 heteroatoms. The number of aryl methyl sites for hydroxylation is 1. The highest BCUT2D eigenvalue weighted by atomic mass is 32.2. The first-order valence-corrected chi connectivity index (χ1v) is 8.01. The van der Waals surface area contributed by atoms with E-state index in [-0.39, 0.29) is 0 Å². The predicted molar refractivity (Wildman–Crippen MR) is 85.9 cm³/mol. The number of nitrogens with two attached hydrogens (primary N) is 1. The zero-order valence-corrected chi connectivity index (χ0v) is 12.7. The maximum Gasteiger partial charge on any atom is 0.182 e. The fourth-order valence-electron chi connectivity index (χ4n) is 1.84. The van der Waals surface area contributed by atoms with E-state index >= 15 is 0 Å². The first kappa shape index (κ1) is 13.1. The third-order valence-corrected chi connectivity index (χ3v) is 4.26. The van der Waals surface area contributed by atoms with Crippen molar-refractivity contribution in [2.45, 2.75) is 11.8 Å². The molecular weight excluding hydrogens is 290 g/mol. The van der Waals surface area contributed by atoms with Crippen LogP contribution in [0.1, 0.15) is 5.82 Å². The number of aromatic nitrogens is 3. The summed E-state index contributed by atoms with van der Waals surface area (Å²) in [5, 5.41) is 3.78. The molecular formula is C13H13N5S2. The highest BCUT2D eigenvalue weighted by Gasteiger charge is 2.11. The van der Waals surface area contributed by atoms with Crippen LogP contribution in [0, 0.1) is 6.92 Å². The van der Waals surface area contributed by atoms with Gasteiger partial charge in [-0.05, 0) is 37.4 Å². The molecule has 0 amide bonds. The Morgan fingerprint density at radius 3 is 2.60 bits per heavy atom. The lowest BCUT2D eigenvalue weighted by Crippen LogP contribution is -1.98. The van der Waals surface area contributed by atoms with Crippen LogP contribution in [-0.2, 0) is 0 Å². The van der Waals surface area contributed by atoms with E-state index in [2.05, 4.69) is 38.7 Å². The molecule has 0 fully saturated rings. The smallest absolute Gasteiger partial charge is 0.182 e. The Labute approximate surface area is 124 Å². The number of nitrogens with zero attached hydrogens (tertiary/aromatic N) is 3. The summed E-state index contributed by atoms with van der Waals surface area (Å²) >= 11 is 3.08. The summed E-state index contributed by atoms with van der Waals surface area (Å²) in [4.78, 5) is 15.1. The van der Waals surface area contributed by atoms with E-state index in [1.165, 1.54) is 16.2 Å². The molecule has 3 aromatic rings. The van der Waals surface area contributed by atoms with Gasteiger partial charge in [0.1, 0.15) is 11.3 Å². The van der Waals surface area contributed by atoms with Gasteiger partial charge < -0.3 is 11.1 Å². The first-order chi connectivity index (χ1) is 9.65. The lowest BCUT2D eigenvalue weighted by molar-refractivity contribution is 1.09. The SMILES string of the molecule is CSc1ccc(Nc2nc(C)nc3sc(N)nc23)cc1. The highest BCUT2D eigenvalue weighted by molar-refractivity contribution is 7.98. The Hall–Kier alpha value is -1.86. The second-order valence-corrected chi connectivity index (χ2v) is 6.07. The van der Waals surface area contributed by atoms with E-state index < -0.39 is 0 Å². The molecule has 2 heterocycles. The van der Waals surface area contributed by atoms with Crippen molar-refractivity contribution in [2.24, 2.45) is 0 Å². The van der Waals surface area contributed by atoms with Crippen LogP contribution in [0.3, 0.4) is 0 Å². The van der Waals surface area contributed by atoms with Crippen molar-refractivity contribution in [3.8, 4) is 0 Å². The van der Waals surface area contributed by atoms with Crippen LogP contribution in [0.25, 0.3) is 10.3 Å². The molecule has 0 aliphatic heterocycles. The molecule has 0 saturated carbocycles. The van der Waals surface area contributed by atoms with Gasteiger partial charge in [-0.25, -0.2) is 15.0 Å². The molecule has 3 rings (SSSR count). The molecule has 0 radical (unpaired) electrons. The van der Waals surface area contributed by atoms with Crippen LogP contribution in [0.5, 0.6) is 0 Å². The van der Waals surface area contributed by atoms with Gasteiger partial charge in [0.05, 0.1) is 0 Å². The molecule has 20 heavy (non-hydrogen) atoms. The van der Waals surface area contributed by atoms with Crippen molar-refractivity contribution in [3.63, 3.8) is 0 Å². The number of thioether (sulfide) groups is 1. The van der Waals surface area contributed by atoms with Crippen molar-refractivity contribution < 1.29 is 0 Å². The minimum Gasteiger partial charge on any atom is -0.375 e. The molecule has 102 valence electrons. The minimum absolute atomic E-state index is 0.501. The zero-order chi connectivity index (χ0) is 14.1. The normalized spacial score (nSPS) is 10.9. The molecule has 0 bridgehead atoms. The standard InChI is InChI=1S/C13H13N5S2/c1-7-15-11(10-12(16-7)20-13(14)18-10)17-8-3-5-9(19-2)6-4-8/h3-6H,1-2H3,(H2,14,18)(H,15,16,17). The maximum absolute atomic E-state index is 5.75. The molecule has 3 N–H and O–H groups in total. The van der Waals surface area contributed by atoms with Crippen molar-refractivity contribution in [1.82, 2.24) is 15.0 Å². The molecule has 0 unspecified atom stereocenters. The third kappa shape index (κ3) is 2.54. The Kier molecular flexibility index (Phi) is 3.45. The zero-order valence-electron chi connectivity index (χ0n) is 11.0. The van der Waals surface area contributed by atoms with E-state index in [4.69, 9.17) is 5.73 Å². The summed E-state index contributed by atoms with van der Waals surface area (Å²) in [6.07, 6.45) is 2.05. The molecule has 2 aromatic heterocycles. The van der Waals surface area contributed by atoms with Gasteiger partial charge in [0.15, 0.2) is 15.8 Å². The van der Waals surface area contributed by atoms with Gasteiger partial charge in [-0.2, -0.15) is 0 Å². The van der Waals surface area contributed by atoms with Gasteiger partial charge in [-0.3, -0.25) is 0 Å². The van der Waals surface area contributed by atoms with E-state index in [9.17, 15) is 0 Å². The second-order valence-electron chi connectivity index (χ2n) is 4.18. The summed E-state index contributed by atoms with van der Waals surface area (Å²) in [5.74, 6) is 1.39. The molecule has 5 nitrogen and oxygen atoms in total. The van der Waals surface area contributed by atoms with E-state index in [0.29, 0.717) is 22.3 Å². The quantitative estimate of drug-likeness (QED) is 0.722. The summed E-state index contributed by atoms with van der Waals surface area (Å²) in [6.45, 7) is 1.86. The van der Waals surface area contributed by atoms with Crippen LogP contribution in [-0.4, -0.2) is 21.2 Å².